The zero-order chi connectivity index (χ0) is 10.3. The Morgan fingerprint density at radius 1 is 1.13 bits per heavy atom. The maximum atomic E-state index is 4.50. The maximum Gasteiger partial charge on any atom is 0.136 e. The summed E-state index contributed by atoms with van der Waals surface area (Å²) < 4.78 is 0. The molecule has 1 aliphatic rings. The second-order valence-electron chi connectivity index (χ2n) is 4.15. The summed E-state index contributed by atoms with van der Waals surface area (Å²) in [4.78, 5) is 6.84. The molecule has 15 heavy (non-hydrogen) atoms. The molecule has 1 fully saturated rings. The van der Waals surface area contributed by atoms with Gasteiger partial charge in [0.05, 0.1) is 0 Å². The second kappa shape index (κ2) is 3.23. The highest BCUT2D eigenvalue weighted by Crippen LogP contribution is 2.28. The van der Waals surface area contributed by atoms with Crippen molar-refractivity contribution >= 4 is 16.6 Å². The third-order valence-corrected chi connectivity index (χ3v) is 3.16. The number of hydrogen-bond acceptors (Lipinski definition) is 2. The van der Waals surface area contributed by atoms with Crippen LogP contribution in [0.25, 0.3) is 10.8 Å². The van der Waals surface area contributed by atoms with Gasteiger partial charge in [0.15, 0.2) is 0 Å². The van der Waals surface area contributed by atoms with Crippen LogP contribution in [0.1, 0.15) is 12.0 Å². The van der Waals surface area contributed by atoms with Gasteiger partial charge in [-0.2, -0.15) is 0 Å². The molecule has 2 heteroatoms. The summed E-state index contributed by atoms with van der Waals surface area (Å²) in [5.41, 5.74) is 1.33. The van der Waals surface area contributed by atoms with Gasteiger partial charge in [0, 0.05) is 24.7 Å². The average Bonchev–Trinajstić information content (AvgIpc) is 2.17. The first-order chi connectivity index (χ1) is 7.36. The maximum absolute atomic E-state index is 4.50. The molecule has 0 unspecified atom stereocenters. The number of hydrogen-bond donors (Lipinski definition) is 0. The van der Waals surface area contributed by atoms with Crippen molar-refractivity contribution in [3.05, 3.63) is 36.0 Å². The van der Waals surface area contributed by atoms with Crippen molar-refractivity contribution in [1.29, 1.82) is 0 Å². The number of rotatable bonds is 1. The van der Waals surface area contributed by atoms with E-state index in [2.05, 4.69) is 41.1 Å². The highest BCUT2D eigenvalue weighted by atomic mass is 15.2. The zero-order valence-electron chi connectivity index (χ0n) is 8.90. The van der Waals surface area contributed by atoms with Crippen molar-refractivity contribution in [1.82, 2.24) is 4.98 Å². The van der Waals surface area contributed by atoms with Crippen LogP contribution >= 0.6 is 0 Å². The Kier molecular flexibility index (Phi) is 1.88. The Hall–Kier alpha value is -1.57. The first kappa shape index (κ1) is 8.72. The van der Waals surface area contributed by atoms with Crippen molar-refractivity contribution in [2.45, 2.75) is 13.3 Å². The Labute approximate surface area is 89.5 Å². The summed E-state index contributed by atoms with van der Waals surface area (Å²) in [5, 5.41) is 2.62. The Bertz CT molecular complexity index is 501. The molecule has 0 saturated carbocycles. The Morgan fingerprint density at radius 2 is 2.00 bits per heavy atom. The molecule has 0 atom stereocenters. The van der Waals surface area contributed by atoms with E-state index < -0.39 is 0 Å². The standard InChI is InChI=1S/C13H14N2/c1-10-4-2-5-12-11(10)6-7-14-13(12)15-8-3-9-15/h2,4-7H,3,8-9H2,1H3. The van der Waals surface area contributed by atoms with E-state index in [0.29, 0.717) is 0 Å². The summed E-state index contributed by atoms with van der Waals surface area (Å²) in [6.07, 6.45) is 3.22. The lowest BCUT2D eigenvalue weighted by atomic mass is 10.1. The van der Waals surface area contributed by atoms with E-state index in [1.165, 1.54) is 22.8 Å². The molecule has 0 spiro atoms. The van der Waals surface area contributed by atoms with Gasteiger partial charge in [-0.05, 0) is 30.4 Å². The largest absolute Gasteiger partial charge is 0.356 e. The number of benzene rings is 1. The van der Waals surface area contributed by atoms with Gasteiger partial charge in [-0.3, -0.25) is 0 Å². The zero-order valence-corrected chi connectivity index (χ0v) is 8.90. The molecule has 1 aromatic carbocycles. The number of pyridine rings is 1. The molecule has 1 saturated heterocycles. The minimum atomic E-state index is 1.15. The van der Waals surface area contributed by atoms with Gasteiger partial charge in [-0.25, -0.2) is 4.98 Å². The molecule has 76 valence electrons. The number of anilines is 1. The van der Waals surface area contributed by atoms with Crippen molar-refractivity contribution in [3.8, 4) is 0 Å². The third-order valence-electron chi connectivity index (χ3n) is 3.16. The normalized spacial score (nSPS) is 15.4. The summed E-state index contributed by atoms with van der Waals surface area (Å²) in [5.74, 6) is 1.16. The number of fused-ring (bicyclic) bond motifs is 1. The Morgan fingerprint density at radius 3 is 2.73 bits per heavy atom. The van der Waals surface area contributed by atoms with Crippen LogP contribution in [0.5, 0.6) is 0 Å². The molecule has 2 aromatic rings. The van der Waals surface area contributed by atoms with Crippen LogP contribution in [0.3, 0.4) is 0 Å². The summed E-state index contributed by atoms with van der Waals surface area (Å²) >= 11 is 0. The predicted octanol–water partition coefficient (Wildman–Crippen LogP) is 2.75. The van der Waals surface area contributed by atoms with Crippen LogP contribution in [-0.2, 0) is 0 Å². The lowest BCUT2D eigenvalue weighted by Gasteiger charge is -2.32. The molecule has 3 rings (SSSR count). The molecule has 2 heterocycles. The van der Waals surface area contributed by atoms with Crippen LogP contribution in [0.2, 0.25) is 0 Å². The molecule has 0 amide bonds. The molecule has 0 radical (unpaired) electrons. The summed E-state index contributed by atoms with van der Waals surface area (Å²) in [6, 6.07) is 8.54. The van der Waals surface area contributed by atoms with Gasteiger partial charge in [0.2, 0.25) is 0 Å². The third kappa shape index (κ3) is 1.29. The molecular formula is C13H14N2. The molecule has 1 aromatic heterocycles. The van der Waals surface area contributed by atoms with Crippen LogP contribution < -0.4 is 4.90 Å². The lowest BCUT2D eigenvalue weighted by Crippen LogP contribution is -2.37. The van der Waals surface area contributed by atoms with Gasteiger partial charge in [-0.15, -0.1) is 0 Å². The van der Waals surface area contributed by atoms with E-state index in [4.69, 9.17) is 0 Å². The number of nitrogens with zero attached hydrogens (tertiary/aromatic N) is 2. The van der Waals surface area contributed by atoms with Crippen LogP contribution in [-0.4, -0.2) is 18.1 Å². The Balaban J connectivity index is 2.25. The second-order valence-corrected chi connectivity index (χ2v) is 4.15. The fraction of sp³-hybridized carbons (Fsp3) is 0.308. The predicted molar refractivity (Wildman–Crippen MR) is 63.3 cm³/mol. The summed E-state index contributed by atoms with van der Waals surface area (Å²) in [7, 11) is 0. The van der Waals surface area contributed by atoms with Gasteiger partial charge in [0.25, 0.3) is 0 Å². The monoisotopic (exact) mass is 198 g/mol. The minimum Gasteiger partial charge on any atom is -0.356 e. The van der Waals surface area contributed by atoms with E-state index >= 15 is 0 Å². The highest BCUT2D eigenvalue weighted by Gasteiger charge is 2.17. The quantitative estimate of drug-likeness (QED) is 0.700. The fourth-order valence-corrected chi connectivity index (χ4v) is 2.13. The number of aryl methyl sites for hydroxylation is 1. The van der Waals surface area contributed by atoms with Crippen LogP contribution in [0.4, 0.5) is 5.82 Å². The van der Waals surface area contributed by atoms with Gasteiger partial charge in [0.1, 0.15) is 5.82 Å². The van der Waals surface area contributed by atoms with Gasteiger partial charge in [-0.1, -0.05) is 18.2 Å². The van der Waals surface area contributed by atoms with E-state index in [9.17, 15) is 0 Å². The van der Waals surface area contributed by atoms with E-state index in [-0.39, 0.29) is 0 Å². The van der Waals surface area contributed by atoms with E-state index in [0.717, 1.165) is 18.9 Å². The molecule has 1 aliphatic heterocycles. The minimum absolute atomic E-state index is 1.15. The molecule has 0 N–H and O–H groups in total. The molecular weight excluding hydrogens is 184 g/mol. The smallest absolute Gasteiger partial charge is 0.136 e. The van der Waals surface area contributed by atoms with Gasteiger partial charge < -0.3 is 4.90 Å². The van der Waals surface area contributed by atoms with Crippen molar-refractivity contribution < 1.29 is 0 Å². The van der Waals surface area contributed by atoms with Crippen LogP contribution in [0.15, 0.2) is 30.5 Å². The number of aromatic nitrogens is 1. The van der Waals surface area contributed by atoms with E-state index in [1.54, 1.807) is 0 Å². The first-order valence-electron chi connectivity index (χ1n) is 5.45. The molecule has 0 aliphatic carbocycles. The fourth-order valence-electron chi connectivity index (χ4n) is 2.13. The topological polar surface area (TPSA) is 16.1 Å². The SMILES string of the molecule is Cc1cccc2c(N3CCC3)nccc12. The molecule has 0 bridgehead atoms. The average molecular weight is 198 g/mol. The van der Waals surface area contributed by atoms with Crippen molar-refractivity contribution in [2.75, 3.05) is 18.0 Å². The molecule has 2 nitrogen and oxygen atoms in total. The first-order valence-corrected chi connectivity index (χ1v) is 5.45. The van der Waals surface area contributed by atoms with Gasteiger partial charge >= 0.3 is 0 Å². The van der Waals surface area contributed by atoms with E-state index in [1.807, 2.05) is 6.20 Å². The van der Waals surface area contributed by atoms with Crippen LogP contribution in [0, 0.1) is 6.92 Å². The summed E-state index contributed by atoms with van der Waals surface area (Å²) in [6.45, 7) is 4.46. The highest BCUT2D eigenvalue weighted by molar-refractivity contribution is 5.94. The van der Waals surface area contributed by atoms with Crippen molar-refractivity contribution in [2.24, 2.45) is 0 Å². The van der Waals surface area contributed by atoms with Crippen molar-refractivity contribution in [3.63, 3.8) is 0 Å². The lowest BCUT2D eigenvalue weighted by molar-refractivity contribution is 0.612.